The second kappa shape index (κ2) is 6.27. The lowest BCUT2D eigenvalue weighted by Crippen LogP contribution is -2.55. The molecule has 2 aliphatic rings. The average molecular weight is 333 g/mol. The van der Waals surface area contributed by atoms with Crippen LogP contribution in [0.5, 0.6) is 0 Å². The van der Waals surface area contributed by atoms with Crippen LogP contribution in [0.15, 0.2) is 32.0 Å². The highest BCUT2D eigenvalue weighted by atomic mass is 16.5. The number of carbonyl (C=O) groups excluding carboxylic acids is 1. The second-order valence-electron chi connectivity index (χ2n) is 6.16. The molecule has 1 amide bonds. The van der Waals surface area contributed by atoms with Gasteiger partial charge in [-0.05, 0) is 25.0 Å². The Labute approximate surface area is 138 Å². The molecule has 8 nitrogen and oxygen atoms in total. The van der Waals surface area contributed by atoms with E-state index in [1.54, 1.807) is 12.1 Å². The smallest absolute Gasteiger partial charge is 0.437 e. The summed E-state index contributed by atoms with van der Waals surface area (Å²) >= 11 is 0. The van der Waals surface area contributed by atoms with Gasteiger partial charge in [0.2, 0.25) is 5.91 Å². The number of hydrogen-bond donors (Lipinski definition) is 0. The molecule has 8 heteroatoms. The third-order valence-corrected chi connectivity index (χ3v) is 4.68. The zero-order valence-corrected chi connectivity index (χ0v) is 13.2. The van der Waals surface area contributed by atoms with Gasteiger partial charge in [0.15, 0.2) is 5.76 Å². The van der Waals surface area contributed by atoms with Gasteiger partial charge >= 0.3 is 5.76 Å². The molecular formula is C16H19N3O5. The number of rotatable bonds is 3. The summed E-state index contributed by atoms with van der Waals surface area (Å²) in [4.78, 5) is 26.4. The van der Waals surface area contributed by atoms with Gasteiger partial charge in [0.25, 0.3) is 5.89 Å². The highest BCUT2D eigenvalue weighted by Gasteiger charge is 2.36. The first kappa shape index (κ1) is 15.2. The SMILES string of the molecule is O=C(Cn1nc(-c2ccco2)oc1=O)N1CCO[C@@H]2CCCC[C@@H]21. The Hall–Kier alpha value is -2.35. The fourth-order valence-corrected chi connectivity index (χ4v) is 3.53. The molecular weight excluding hydrogens is 314 g/mol. The zero-order chi connectivity index (χ0) is 16.5. The van der Waals surface area contributed by atoms with Gasteiger partial charge in [-0.3, -0.25) is 4.79 Å². The molecule has 1 aliphatic heterocycles. The molecule has 1 saturated heterocycles. The van der Waals surface area contributed by atoms with Gasteiger partial charge in [-0.25, -0.2) is 4.79 Å². The highest BCUT2D eigenvalue weighted by Crippen LogP contribution is 2.28. The van der Waals surface area contributed by atoms with E-state index < -0.39 is 5.76 Å². The Morgan fingerprint density at radius 3 is 3.04 bits per heavy atom. The van der Waals surface area contributed by atoms with Crippen molar-refractivity contribution in [3.63, 3.8) is 0 Å². The van der Waals surface area contributed by atoms with Crippen molar-refractivity contribution >= 4 is 5.91 Å². The van der Waals surface area contributed by atoms with Crippen molar-refractivity contribution in [1.29, 1.82) is 0 Å². The van der Waals surface area contributed by atoms with Crippen LogP contribution in [0.4, 0.5) is 0 Å². The minimum absolute atomic E-state index is 0.0790. The van der Waals surface area contributed by atoms with E-state index in [9.17, 15) is 9.59 Å². The highest BCUT2D eigenvalue weighted by molar-refractivity contribution is 5.76. The second-order valence-corrected chi connectivity index (χ2v) is 6.16. The third-order valence-electron chi connectivity index (χ3n) is 4.68. The van der Waals surface area contributed by atoms with Crippen LogP contribution in [0.1, 0.15) is 25.7 Å². The number of carbonyl (C=O) groups is 1. The quantitative estimate of drug-likeness (QED) is 0.840. The van der Waals surface area contributed by atoms with E-state index in [1.165, 1.54) is 6.26 Å². The van der Waals surface area contributed by atoms with E-state index in [-0.39, 0.29) is 30.5 Å². The van der Waals surface area contributed by atoms with Gasteiger partial charge in [-0.2, -0.15) is 4.68 Å². The summed E-state index contributed by atoms with van der Waals surface area (Å²) in [5.41, 5.74) is 0. The molecule has 2 atom stereocenters. The fraction of sp³-hybridized carbons (Fsp3) is 0.562. The summed E-state index contributed by atoms with van der Waals surface area (Å²) in [5.74, 6) is -0.355. The molecule has 0 radical (unpaired) electrons. The number of morpholine rings is 1. The number of aromatic nitrogens is 2. The summed E-state index contributed by atoms with van der Waals surface area (Å²) in [6, 6.07) is 3.43. The van der Waals surface area contributed by atoms with Crippen LogP contribution in [0, 0.1) is 0 Å². The van der Waals surface area contributed by atoms with Gasteiger partial charge in [-0.15, -0.1) is 5.10 Å². The van der Waals surface area contributed by atoms with E-state index in [0.29, 0.717) is 18.9 Å². The molecule has 2 aromatic heterocycles. The van der Waals surface area contributed by atoms with Crippen molar-refractivity contribution in [2.75, 3.05) is 13.2 Å². The van der Waals surface area contributed by atoms with Crippen LogP contribution in [-0.2, 0) is 16.1 Å². The maximum atomic E-state index is 12.7. The maximum absolute atomic E-state index is 12.7. The molecule has 2 fully saturated rings. The van der Waals surface area contributed by atoms with Crippen LogP contribution in [0.2, 0.25) is 0 Å². The molecule has 4 rings (SSSR count). The van der Waals surface area contributed by atoms with Gasteiger partial charge in [0.05, 0.1) is 25.0 Å². The van der Waals surface area contributed by atoms with Crippen LogP contribution in [-0.4, -0.2) is 45.9 Å². The molecule has 0 N–H and O–H groups in total. The summed E-state index contributed by atoms with van der Waals surface area (Å²) in [6.07, 6.45) is 5.75. The normalized spacial score (nSPS) is 23.9. The van der Waals surface area contributed by atoms with E-state index in [2.05, 4.69) is 5.10 Å². The predicted octanol–water partition coefficient (Wildman–Crippen LogP) is 1.27. The van der Waals surface area contributed by atoms with Crippen molar-refractivity contribution in [2.24, 2.45) is 0 Å². The zero-order valence-electron chi connectivity index (χ0n) is 13.2. The van der Waals surface area contributed by atoms with Crippen LogP contribution in [0.25, 0.3) is 11.7 Å². The molecule has 24 heavy (non-hydrogen) atoms. The molecule has 0 spiro atoms. The first-order valence-corrected chi connectivity index (χ1v) is 8.25. The Kier molecular flexibility index (Phi) is 3.97. The van der Waals surface area contributed by atoms with Crippen molar-refractivity contribution in [3.8, 4) is 11.7 Å². The summed E-state index contributed by atoms with van der Waals surface area (Å²) < 4.78 is 17.0. The number of furan rings is 1. The lowest BCUT2D eigenvalue weighted by atomic mass is 9.90. The number of hydrogen-bond acceptors (Lipinski definition) is 6. The number of nitrogens with zero attached hydrogens (tertiary/aromatic N) is 3. The van der Waals surface area contributed by atoms with Crippen LogP contribution < -0.4 is 5.76 Å². The monoisotopic (exact) mass is 333 g/mol. The molecule has 0 bridgehead atoms. The molecule has 3 heterocycles. The maximum Gasteiger partial charge on any atom is 0.437 e. The molecule has 0 aromatic carbocycles. The Morgan fingerprint density at radius 2 is 2.21 bits per heavy atom. The number of amides is 1. The standard InChI is InChI=1S/C16H19N3O5/c20-14(18-7-9-23-12-5-2-1-4-11(12)18)10-19-16(21)24-15(17-19)13-6-3-8-22-13/h3,6,8,11-12H,1-2,4-5,7,9-10H2/t11-,12+/m0/s1. The van der Waals surface area contributed by atoms with Crippen molar-refractivity contribution in [1.82, 2.24) is 14.7 Å². The molecule has 1 aliphatic carbocycles. The largest absolute Gasteiger partial charge is 0.459 e. The van der Waals surface area contributed by atoms with Gasteiger partial charge in [0.1, 0.15) is 6.54 Å². The molecule has 0 unspecified atom stereocenters. The Balaban J connectivity index is 1.50. The lowest BCUT2D eigenvalue weighted by Gasteiger charge is -2.43. The molecule has 128 valence electrons. The summed E-state index contributed by atoms with van der Waals surface area (Å²) in [5, 5.41) is 4.06. The lowest BCUT2D eigenvalue weighted by molar-refractivity contribution is -0.150. The number of ether oxygens (including phenoxy) is 1. The number of fused-ring (bicyclic) bond motifs is 1. The van der Waals surface area contributed by atoms with E-state index >= 15 is 0 Å². The topological polar surface area (TPSA) is 90.7 Å². The van der Waals surface area contributed by atoms with E-state index in [0.717, 1.165) is 30.4 Å². The van der Waals surface area contributed by atoms with E-state index in [4.69, 9.17) is 13.6 Å². The third kappa shape index (κ3) is 2.77. The first-order chi connectivity index (χ1) is 11.7. The van der Waals surface area contributed by atoms with E-state index in [1.807, 2.05) is 4.90 Å². The van der Waals surface area contributed by atoms with Gasteiger partial charge in [-0.1, -0.05) is 12.8 Å². The summed E-state index contributed by atoms with van der Waals surface area (Å²) in [6.45, 7) is 0.960. The molecule has 1 saturated carbocycles. The fourth-order valence-electron chi connectivity index (χ4n) is 3.53. The minimum Gasteiger partial charge on any atom is -0.459 e. The van der Waals surface area contributed by atoms with Crippen molar-refractivity contribution in [2.45, 2.75) is 44.4 Å². The van der Waals surface area contributed by atoms with Gasteiger partial charge < -0.3 is 18.5 Å². The Bertz CT molecular complexity index is 761. The predicted molar refractivity (Wildman–Crippen MR) is 82.2 cm³/mol. The van der Waals surface area contributed by atoms with Gasteiger partial charge in [0, 0.05) is 6.54 Å². The Morgan fingerprint density at radius 1 is 1.33 bits per heavy atom. The van der Waals surface area contributed by atoms with Crippen molar-refractivity contribution in [3.05, 3.63) is 28.9 Å². The van der Waals surface area contributed by atoms with Crippen molar-refractivity contribution < 1.29 is 18.4 Å². The summed E-state index contributed by atoms with van der Waals surface area (Å²) in [7, 11) is 0. The minimum atomic E-state index is -0.664. The molecule has 2 aromatic rings. The van der Waals surface area contributed by atoms with Crippen LogP contribution >= 0.6 is 0 Å². The van der Waals surface area contributed by atoms with Crippen LogP contribution in [0.3, 0.4) is 0 Å². The average Bonchev–Trinajstić information content (AvgIpc) is 3.25. The first-order valence-electron chi connectivity index (χ1n) is 8.25.